The molecule has 4 N–H and O–H groups in total. The van der Waals surface area contributed by atoms with Gasteiger partial charge in [0, 0.05) is 12.5 Å². The molecular formula is C9H18N2O3. The summed E-state index contributed by atoms with van der Waals surface area (Å²) in [5.74, 6) is -1.25. The fourth-order valence-corrected chi connectivity index (χ4v) is 0.964. The lowest BCUT2D eigenvalue weighted by Crippen LogP contribution is -2.40. The highest BCUT2D eigenvalue weighted by Crippen LogP contribution is 1.96. The van der Waals surface area contributed by atoms with Gasteiger partial charge in [-0.05, 0) is 19.8 Å². The van der Waals surface area contributed by atoms with Crippen LogP contribution >= 0.6 is 0 Å². The van der Waals surface area contributed by atoms with Crippen molar-refractivity contribution in [3.8, 4) is 0 Å². The average molecular weight is 202 g/mol. The molecule has 0 saturated carbocycles. The minimum absolute atomic E-state index is 0.0364. The molecule has 0 rings (SSSR count). The van der Waals surface area contributed by atoms with Gasteiger partial charge in [0.2, 0.25) is 5.91 Å². The minimum atomic E-state index is -0.998. The van der Waals surface area contributed by atoms with E-state index in [1.807, 2.05) is 6.92 Å². The van der Waals surface area contributed by atoms with E-state index in [4.69, 9.17) is 10.8 Å². The smallest absolute Gasteiger partial charge is 0.326 e. The van der Waals surface area contributed by atoms with E-state index in [0.29, 0.717) is 12.8 Å². The largest absolute Gasteiger partial charge is 0.480 e. The molecule has 0 spiro atoms. The summed E-state index contributed by atoms with van der Waals surface area (Å²) in [5, 5.41) is 11.1. The highest BCUT2D eigenvalue weighted by Gasteiger charge is 2.17. The van der Waals surface area contributed by atoms with Gasteiger partial charge in [-0.3, -0.25) is 4.79 Å². The first kappa shape index (κ1) is 12.9. The molecule has 5 heteroatoms. The van der Waals surface area contributed by atoms with Crippen LogP contribution in [0.25, 0.3) is 0 Å². The van der Waals surface area contributed by atoms with Crippen LogP contribution in [0, 0.1) is 0 Å². The molecule has 1 amide bonds. The Morgan fingerprint density at radius 1 is 1.50 bits per heavy atom. The molecule has 82 valence electrons. The van der Waals surface area contributed by atoms with Crippen molar-refractivity contribution in [3.05, 3.63) is 0 Å². The van der Waals surface area contributed by atoms with Gasteiger partial charge in [0.1, 0.15) is 6.04 Å². The molecule has 0 radical (unpaired) electrons. The van der Waals surface area contributed by atoms with Gasteiger partial charge >= 0.3 is 5.97 Å². The number of hydrogen-bond donors (Lipinski definition) is 3. The minimum Gasteiger partial charge on any atom is -0.480 e. The van der Waals surface area contributed by atoms with Crippen LogP contribution in [-0.2, 0) is 9.59 Å². The third-order valence-electron chi connectivity index (χ3n) is 1.87. The summed E-state index contributed by atoms with van der Waals surface area (Å²) in [6, 6.07) is -0.818. The maximum absolute atomic E-state index is 11.2. The molecule has 0 fully saturated rings. The molecule has 0 aliphatic carbocycles. The average Bonchev–Trinajstić information content (AvgIpc) is 2.10. The van der Waals surface area contributed by atoms with Gasteiger partial charge in [0.25, 0.3) is 0 Å². The highest BCUT2D eigenvalue weighted by molar-refractivity contribution is 5.83. The SMILES string of the molecule is CC[C@H](NC(=O)CCC(C)N)C(=O)O. The van der Waals surface area contributed by atoms with Crippen molar-refractivity contribution in [2.24, 2.45) is 5.73 Å². The van der Waals surface area contributed by atoms with Crippen molar-refractivity contribution < 1.29 is 14.7 Å². The van der Waals surface area contributed by atoms with Crippen molar-refractivity contribution in [1.82, 2.24) is 5.32 Å². The number of nitrogens with two attached hydrogens (primary N) is 1. The van der Waals surface area contributed by atoms with Crippen LogP contribution in [0.5, 0.6) is 0 Å². The van der Waals surface area contributed by atoms with Gasteiger partial charge in [0.15, 0.2) is 0 Å². The summed E-state index contributed by atoms with van der Waals surface area (Å²) in [4.78, 5) is 21.8. The summed E-state index contributed by atoms with van der Waals surface area (Å²) in [6.07, 6.45) is 1.24. The van der Waals surface area contributed by atoms with Crippen LogP contribution in [0.2, 0.25) is 0 Å². The Bertz CT molecular complexity index is 204. The van der Waals surface area contributed by atoms with Crippen LogP contribution in [0.1, 0.15) is 33.1 Å². The van der Waals surface area contributed by atoms with Crippen molar-refractivity contribution >= 4 is 11.9 Å². The third kappa shape index (κ3) is 5.53. The molecule has 14 heavy (non-hydrogen) atoms. The van der Waals surface area contributed by atoms with E-state index >= 15 is 0 Å². The molecule has 0 heterocycles. The van der Waals surface area contributed by atoms with Crippen LogP contribution in [0.15, 0.2) is 0 Å². The Balaban J connectivity index is 3.85. The standard InChI is InChI=1S/C9H18N2O3/c1-3-7(9(13)14)11-8(12)5-4-6(2)10/h6-7H,3-5,10H2,1-2H3,(H,11,12)(H,13,14)/t6?,7-/m0/s1. The predicted octanol–water partition coefficient (Wildman–Crippen LogP) is 0.0932. The fraction of sp³-hybridized carbons (Fsp3) is 0.778. The summed E-state index contributed by atoms with van der Waals surface area (Å²) in [7, 11) is 0. The van der Waals surface area contributed by atoms with E-state index in [-0.39, 0.29) is 18.4 Å². The molecule has 0 aromatic heterocycles. The third-order valence-corrected chi connectivity index (χ3v) is 1.87. The molecule has 0 aromatic carbocycles. The number of amides is 1. The zero-order chi connectivity index (χ0) is 11.1. The van der Waals surface area contributed by atoms with E-state index in [2.05, 4.69) is 5.32 Å². The second-order valence-electron chi connectivity index (χ2n) is 3.38. The predicted molar refractivity (Wildman–Crippen MR) is 52.7 cm³/mol. The number of carboxylic acid groups (broad SMARTS) is 1. The first-order valence-corrected chi connectivity index (χ1v) is 4.75. The Morgan fingerprint density at radius 3 is 2.43 bits per heavy atom. The second kappa shape index (κ2) is 6.37. The maximum atomic E-state index is 11.2. The lowest BCUT2D eigenvalue weighted by atomic mass is 10.1. The summed E-state index contributed by atoms with van der Waals surface area (Å²) in [6.45, 7) is 3.52. The topological polar surface area (TPSA) is 92.4 Å². The molecule has 5 nitrogen and oxygen atoms in total. The van der Waals surface area contributed by atoms with Crippen LogP contribution < -0.4 is 11.1 Å². The van der Waals surface area contributed by atoms with Gasteiger partial charge in [0.05, 0.1) is 0 Å². The van der Waals surface area contributed by atoms with Crippen molar-refractivity contribution in [2.75, 3.05) is 0 Å². The number of nitrogens with one attached hydrogen (secondary N) is 1. The molecule has 1 unspecified atom stereocenters. The van der Waals surface area contributed by atoms with Crippen molar-refractivity contribution in [1.29, 1.82) is 0 Å². The molecule has 0 aliphatic heterocycles. The van der Waals surface area contributed by atoms with Crippen molar-refractivity contribution in [2.45, 2.75) is 45.2 Å². The maximum Gasteiger partial charge on any atom is 0.326 e. The van der Waals surface area contributed by atoms with E-state index in [1.165, 1.54) is 0 Å². The molecular weight excluding hydrogens is 184 g/mol. The van der Waals surface area contributed by atoms with Gasteiger partial charge in [-0.1, -0.05) is 6.92 Å². The highest BCUT2D eigenvalue weighted by atomic mass is 16.4. The van der Waals surface area contributed by atoms with Crippen molar-refractivity contribution in [3.63, 3.8) is 0 Å². The molecule has 2 atom stereocenters. The Morgan fingerprint density at radius 2 is 2.07 bits per heavy atom. The quantitative estimate of drug-likeness (QED) is 0.569. The number of carbonyl (C=O) groups is 2. The van der Waals surface area contributed by atoms with Gasteiger partial charge in [-0.2, -0.15) is 0 Å². The number of carbonyl (C=O) groups excluding carboxylic acids is 1. The molecule has 0 aliphatic rings. The number of carboxylic acids is 1. The number of hydrogen-bond acceptors (Lipinski definition) is 3. The van der Waals surface area contributed by atoms with E-state index in [9.17, 15) is 9.59 Å². The molecule has 0 saturated heterocycles. The van der Waals surface area contributed by atoms with Gasteiger partial charge in [-0.25, -0.2) is 4.79 Å². The Labute approximate surface area is 83.7 Å². The lowest BCUT2D eigenvalue weighted by molar-refractivity contribution is -0.141. The fourth-order valence-electron chi connectivity index (χ4n) is 0.964. The Kier molecular flexibility index (Phi) is 5.87. The summed E-state index contributed by atoms with van der Waals surface area (Å²) >= 11 is 0. The first-order valence-electron chi connectivity index (χ1n) is 4.75. The Hall–Kier alpha value is -1.10. The van der Waals surface area contributed by atoms with Crippen LogP contribution in [0.4, 0.5) is 0 Å². The normalized spacial score (nSPS) is 14.5. The van der Waals surface area contributed by atoms with E-state index in [1.54, 1.807) is 6.92 Å². The first-order chi connectivity index (χ1) is 6.47. The lowest BCUT2D eigenvalue weighted by Gasteiger charge is -2.12. The number of aliphatic carboxylic acids is 1. The van der Waals surface area contributed by atoms with E-state index in [0.717, 1.165) is 0 Å². The monoisotopic (exact) mass is 202 g/mol. The second-order valence-corrected chi connectivity index (χ2v) is 3.38. The molecule has 0 aromatic rings. The zero-order valence-electron chi connectivity index (χ0n) is 8.62. The van der Waals surface area contributed by atoms with E-state index < -0.39 is 12.0 Å². The number of rotatable bonds is 6. The summed E-state index contributed by atoms with van der Waals surface area (Å²) in [5.41, 5.74) is 5.47. The molecule has 0 bridgehead atoms. The van der Waals surface area contributed by atoms with Crippen LogP contribution in [0.3, 0.4) is 0 Å². The van der Waals surface area contributed by atoms with Gasteiger partial charge in [-0.15, -0.1) is 0 Å². The zero-order valence-corrected chi connectivity index (χ0v) is 8.62. The van der Waals surface area contributed by atoms with Crippen LogP contribution in [-0.4, -0.2) is 29.1 Å². The summed E-state index contributed by atoms with van der Waals surface area (Å²) < 4.78 is 0. The van der Waals surface area contributed by atoms with Gasteiger partial charge < -0.3 is 16.2 Å².